The number of alkyl halides is 3. The molecule has 5 rings (SSSR count). The van der Waals surface area contributed by atoms with Gasteiger partial charge in [-0.1, -0.05) is 11.6 Å². The molecule has 43 heavy (non-hydrogen) atoms. The van der Waals surface area contributed by atoms with Crippen molar-refractivity contribution in [2.75, 3.05) is 11.9 Å². The van der Waals surface area contributed by atoms with Gasteiger partial charge in [0.1, 0.15) is 11.5 Å². The zero-order valence-corrected chi connectivity index (χ0v) is 24.8. The number of aromatic nitrogens is 4. The van der Waals surface area contributed by atoms with Gasteiger partial charge in [-0.15, -0.1) is 0 Å². The summed E-state index contributed by atoms with van der Waals surface area (Å²) in [5.41, 5.74) is -3.76. The lowest BCUT2D eigenvalue weighted by molar-refractivity contribution is -0.154. The van der Waals surface area contributed by atoms with Crippen LogP contribution in [0, 0.1) is 17.7 Å². The number of ether oxygens (including phenoxy) is 1. The van der Waals surface area contributed by atoms with Crippen molar-refractivity contribution < 1.29 is 37.0 Å². The highest BCUT2D eigenvalue weighted by atomic mass is 35.5. The Labute approximate surface area is 250 Å². The molecule has 2 fully saturated rings. The van der Waals surface area contributed by atoms with Gasteiger partial charge >= 0.3 is 12.1 Å². The lowest BCUT2D eigenvalue weighted by atomic mass is 9.87. The molecule has 1 aromatic carbocycles. The lowest BCUT2D eigenvalue weighted by Gasteiger charge is -2.26. The minimum atomic E-state index is -4.85. The summed E-state index contributed by atoms with van der Waals surface area (Å²) in [6.45, 7) is 4.46. The highest BCUT2D eigenvalue weighted by Gasteiger charge is 2.54. The third-order valence-corrected chi connectivity index (χ3v) is 8.91. The molecule has 232 valence electrons. The number of amides is 1. The number of aliphatic hydroxyl groups is 1. The van der Waals surface area contributed by atoms with E-state index in [0.717, 1.165) is 16.9 Å². The van der Waals surface area contributed by atoms with Gasteiger partial charge in [-0.2, -0.15) is 18.3 Å². The highest BCUT2D eigenvalue weighted by Crippen LogP contribution is 2.58. The summed E-state index contributed by atoms with van der Waals surface area (Å²) in [6.07, 6.45) is -1.08. The van der Waals surface area contributed by atoms with E-state index >= 15 is 0 Å². The Balaban J connectivity index is 1.37. The molecule has 0 spiro atoms. The maximum absolute atomic E-state index is 14.1. The molecule has 2 aliphatic rings. The van der Waals surface area contributed by atoms with E-state index in [-0.39, 0.29) is 47.8 Å². The van der Waals surface area contributed by atoms with E-state index in [2.05, 4.69) is 15.4 Å². The van der Waals surface area contributed by atoms with E-state index in [1.165, 1.54) is 32.3 Å². The van der Waals surface area contributed by atoms with Crippen LogP contribution in [-0.2, 0) is 33.9 Å². The Hall–Kier alpha value is -3.45. The number of carbonyl (C=O) groups is 2. The van der Waals surface area contributed by atoms with Gasteiger partial charge in [0.25, 0.3) is 5.91 Å². The molecule has 9 nitrogen and oxygen atoms in total. The molecule has 2 N–H and O–H groups in total. The highest BCUT2D eigenvalue weighted by molar-refractivity contribution is 6.31. The summed E-state index contributed by atoms with van der Waals surface area (Å²) in [4.78, 5) is 30.2. The number of hydrogen-bond donors (Lipinski definition) is 2. The fraction of sp³-hybridized carbons (Fsp3) is 0.517. The number of nitrogens with zero attached hydrogens (tertiary/aromatic N) is 4. The standard InChI is InChI=1S/C29H32ClF4N5O4/c1-5-43-26(41)27(2,3)39-13-19(24(37-39)29(32,33)34)28(42)11-16-8-15(9-17(16)12-28)22-23(38(4)14-35-22)25(40)36-18-6-7-21(31)20(30)10-18/h6-7,10,13-17,42H,5,8-9,11-12H2,1-4H3,(H,36,40). The average molecular weight is 626 g/mol. The van der Waals surface area contributed by atoms with Gasteiger partial charge in [0.2, 0.25) is 0 Å². The molecular formula is C29H32ClF4N5O4. The number of anilines is 1. The molecule has 2 aromatic heterocycles. The smallest absolute Gasteiger partial charge is 0.435 e. The quantitative estimate of drug-likeness (QED) is 0.255. The first-order valence-electron chi connectivity index (χ1n) is 13.9. The molecule has 1 amide bonds. The number of benzene rings is 1. The lowest BCUT2D eigenvalue weighted by Crippen LogP contribution is -2.38. The van der Waals surface area contributed by atoms with Crippen LogP contribution in [0.25, 0.3) is 0 Å². The molecule has 2 aliphatic carbocycles. The van der Waals surface area contributed by atoms with Crippen molar-refractivity contribution in [3.63, 3.8) is 0 Å². The molecule has 0 saturated heterocycles. The van der Waals surface area contributed by atoms with Gasteiger partial charge in [0.15, 0.2) is 11.2 Å². The number of aryl methyl sites for hydroxylation is 1. The summed E-state index contributed by atoms with van der Waals surface area (Å²) < 4.78 is 63.5. The molecule has 0 aliphatic heterocycles. The number of carbonyl (C=O) groups excluding carboxylic acids is 2. The molecule has 2 saturated carbocycles. The molecule has 2 atom stereocenters. The van der Waals surface area contributed by atoms with Crippen molar-refractivity contribution in [2.45, 2.75) is 69.7 Å². The number of fused-ring (bicyclic) bond motifs is 1. The largest absolute Gasteiger partial charge is 0.464 e. The first kappa shape index (κ1) is 31.0. The van der Waals surface area contributed by atoms with Crippen LogP contribution in [0.4, 0.5) is 23.2 Å². The van der Waals surface area contributed by atoms with Gasteiger partial charge in [0.05, 0.1) is 29.3 Å². The maximum atomic E-state index is 14.1. The molecule has 2 unspecified atom stereocenters. The van der Waals surface area contributed by atoms with E-state index in [0.29, 0.717) is 29.9 Å². The summed E-state index contributed by atoms with van der Waals surface area (Å²) in [5.74, 6) is -2.24. The van der Waals surface area contributed by atoms with Crippen LogP contribution in [-0.4, -0.2) is 42.9 Å². The third-order valence-electron chi connectivity index (χ3n) is 8.62. The minimum Gasteiger partial charge on any atom is -0.464 e. The third kappa shape index (κ3) is 5.64. The summed E-state index contributed by atoms with van der Waals surface area (Å²) in [7, 11) is 1.67. The SMILES string of the molecule is CCOC(=O)C(C)(C)n1cc(C2(O)CC3CC(c4ncn(C)c4C(=O)Nc4ccc(F)c(Cl)c4)CC3C2)c(C(F)(F)F)n1. The monoisotopic (exact) mass is 625 g/mol. The first-order chi connectivity index (χ1) is 20.0. The van der Waals surface area contributed by atoms with E-state index < -0.39 is 40.7 Å². The normalized spacial score (nSPS) is 23.8. The second-order valence-electron chi connectivity index (χ2n) is 11.9. The zero-order valence-electron chi connectivity index (χ0n) is 24.0. The molecular weight excluding hydrogens is 594 g/mol. The van der Waals surface area contributed by atoms with Crippen molar-refractivity contribution in [1.29, 1.82) is 0 Å². The summed E-state index contributed by atoms with van der Waals surface area (Å²) in [6, 6.07) is 3.84. The van der Waals surface area contributed by atoms with Crippen LogP contribution in [0.5, 0.6) is 0 Å². The number of nitrogens with one attached hydrogen (secondary N) is 1. The van der Waals surface area contributed by atoms with Crippen molar-refractivity contribution in [3.05, 3.63) is 64.2 Å². The maximum Gasteiger partial charge on any atom is 0.435 e. The van der Waals surface area contributed by atoms with Crippen LogP contribution >= 0.6 is 11.6 Å². The number of hydrogen-bond acceptors (Lipinski definition) is 6. The van der Waals surface area contributed by atoms with Gasteiger partial charge < -0.3 is 19.7 Å². The van der Waals surface area contributed by atoms with Gasteiger partial charge in [-0.25, -0.2) is 14.2 Å². The van der Waals surface area contributed by atoms with Gasteiger partial charge in [-0.05, 0) is 76.5 Å². The predicted molar refractivity (Wildman–Crippen MR) is 148 cm³/mol. The fourth-order valence-electron chi connectivity index (χ4n) is 6.51. The Morgan fingerprint density at radius 1 is 1.21 bits per heavy atom. The first-order valence-corrected chi connectivity index (χ1v) is 14.3. The number of halogens is 5. The Kier molecular flexibility index (Phi) is 7.87. The summed E-state index contributed by atoms with van der Waals surface area (Å²) >= 11 is 5.84. The van der Waals surface area contributed by atoms with Crippen LogP contribution in [0.2, 0.25) is 5.02 Å². The molecule has 14 heteroatoms. The Morgan fingerprint density at radius 2 is 1.86 bits per heavy atom. The average Bonchev–Trinajstić information content (AvgIpc) is 3.67. The van der Waals surface area contributed by atoms with Crippen LogP contribution < -0.4 is 5.32 Å². The van der Waals surface area contributed by atoms with E-state index in [9.17, 15) is 32.3 Å². The van der Waals surface area contributed by atoms with Crippen molar-refractivity contribution in [1.82, 2.24) is 19.3 Å². The van der Waals surface area contributed by atoms with Crippen LogP contribution in [0.15, 0.2) is 30.7 Å². The van der Waals surface area contributed by atoms with E-state index in [1.54, 1.807) is 18.5 Å². The zero-order chi connectivity index (χ0) is 31.5. The minimum absolute atomic E-state index is 0.0528. The topological polar surface area (TPSA) is 111 Å². The van der Waals surface area contributed by atoms with Crippen LogP contribution in [0.1, 0.15) is 79.8 Å². The second kappa shape index (κ2) is 10.9. The van der Waals surface area contributed by atoms with Gasteiger partial charge in [0, 0.05) is 30.4 Å². The predicted octanol–water partition coefficient (Wildman–Crippen LogP) is 5.77. The Morgan fingerprint density at radius 3 is 2.44 bits per heavy atom. The molecule has 0 bridgehead atoms. The van der Waals surface area contributed by atoms with Crippen molar-refractivity contribution in [3.8, 4) is 0 Å². The molecule has 2 heterocycles. The van der Waals surface area contributed by atoms with Crippen molar-refractivity contribution in [2.24, 2.45) is 18.9 Å². The Bertz CT molecular complexity index is 1550. The second-order valence-corrected chi connectivity index (χ2v) is 12.3. The number of imidazole rings is 1. The van der Waals surface area contributed by atoms with Gasteiger partial charge in [-0.3, -0.25) is 9.48 Å². The fourth-order valence-corrected chi connectivity index (χ4v) is 6.69. The van der Waals surface area contributed by atoms with Crippen molar-refractivity contribution >= 4 is 29.2 Å². The number of esters is 1. The van der Waals surface area contributed by atoms with Crippen LogP contribution in [0.3, 0.4) is 0 Å². The van der Waals surface area contributed by atoms with E-state index in [1.807, 2.05) is 0 Å². The van der Waals surface area contributed by atoms with E-state index in [4.69, 9.17) is 16.3 Å². The summed E-state index contributed by atoms with van der Waals surface area (Å²) in [5, 5.41) is 18.0. The molecule has 3 aromatic rings. The molecule has 0 radical (unpaired) electrons. The number of rotatable bonds is 7.